The lowest BCUT2D eigenvalue weighted by molar-refractivity contribution is 0.660. The van der Waals surface area contributed by atoms with Crippen molar-refractivity contribution in [2.75, 3.05) is 4.90 Å². The normalized spacial score (nSPS) is 13.3. The summed E-state index contributed by atoms with van der Waals surface area (Å²) >= 11 is 3.61. The van der Waals surface area contributed by atoms with Crippen LogP contribution in [0.1, 0.15) is 50.3 Å². The van der Waals surface area contributed by atoms with Gasteiger partial charge < -0.3 is 4.90 Å². The van der Waals surface area contributed by atoms with Crippen molar-refractivity contribution in [3.63, 3.8) is 0 Å². The SMILES string of the molecule is CC(C)c1ccccc1-c1ccc(N(c2ccc(Br)cc2)c2ccc3c(c2)C(C)(C)c2ccccc2-3)cc1. The molecule has 0 saturated carbocycles. The van der Waals surface area contributed by atoms with Crippen LogP contribution >= 0.6 is 15.9 Å². The maximum Gasteiger partial charge on any atom is 0.0465 e. The largest absolute Gasteiger partial charge is 0.310 e. The van der Waals surface area contributed by atoms with Gasteiger partial charge in [-0.25, -0.2) is 0 Å². The van der Waals surface area contributed by atoms with Crippen molar-refractivity contribution in [1.29, 1.82) is 0 Å². The molecule has 1 aliphatic rings. The van der Waals surface area contributed by atoms with Gasteiger partial charge in [0.1, 0.15) is 0 Å². The summed E-state index contributed by atoms with van der Waals surface area (Å²) in [7, 11) is 0. The number of fused-ring (bicyclic) bond motifs is 3. The van der Waals surface area contributed by atoms with E-state index in [-0.39, 0.29) is 5.41 Å². The minimum Gasteiger partial charge on any atom is -0.310 e. The van der Waals surface area contributed by atoms with Gasteiger partial charge in [-0.2, -0.15) is 0 Å². The van der Waals surface area contributed by atoms with E-state index in [1.807, 2.05) is 0 Å². The maximum atomic E-state index is 3.61. The standard InChI is InChI=1S/C36H32BrN/c1-24(2)30-9-5-6-10-31(30)25-13-17-27(18-14-25)38(28-19-15-26(37)16-20-28)29-21-22-33-32-11-7-8-12-34(32)36(3,4)35(33)23-29/h5-24H,1-4H3. The van der Waals surface area contributed by atoms with Crippen LogP contribution in [-0.2, 0) is 5.41 Å². The molecule has 188 valence electrons. The van der Waals surface area contributed by atoms with Crippen LogP contribution in [0.5, 0.6) is 0 Å². The summed E-state index contributed by atoms with van der Waals surface area (Å²) in [5.41, 5.74) is 12.8. The molecule has 0 aromatic heterocycles. The van der Waals surface area contributed by atoms with E-state index in [0.29, 0.717) is 5.92 Å². The smallest absolute Gasteiger partial charge is 0.0465 e. The second-order valence-corrected chi connectivity index (χ2v) is 11.9. The molecule has 5 aromatic rings. The van der Waals surface area contributed by atoms with Gasteiger partial charge in [0.2, 0.25) is 0 Å². The van der Waals surface area contributed by atoms with Gasteiger partial charge in [-0.3, -0.25) is 0 Å². The summed E-state index contributed by atoms with van der Waals surface area (Å²) in [6.45, 7) is 9.20. The molecule has 1 nitrogen and oxygen atoms in total. The summed E-state index contributed by atoms with van der Waals surface area (Å²) in [4.78, 5) is 2.36. The number of rotatable bonds is 5. The average molecular weight is 559 g/mol. The molecule has 0 bridgehead atoms. The molecule has 0 spiro atoms. The van der Waals surface area contributed by atoms with Crippen molar-refractivity contribution in [3.05, 3.63) is 136 Å². The van der Waals surface area contributed by atoms with Crippen LogP contribution in [0.3, 0.4) is 0 Å². The van der Waals surface area contributed by atoms with E-state index in [0.717, 1.165) is 15.8 Å². The highest BCUT2D eigenvalue weighted by molar-refractivity contribution is 9.10. The molecule has 0 unspecified atom stereocenters. The van der Waals surface area contributed by atoms with Crippen LogP contribution in [0.15, 0.2) is 120 Å². The molecule has 0 aliphatic heterocycles. The van der Waals surface area contributed by atoms with Crippen LogP contribution < -0.4 is 4.90 Å². The lowest BCUT2D eigenvalue weighted by Gasteiger charge is -2.28. The second-order valence-electron chi connectivity index (χ2n) is 11.0. The highest BCUT2D eigenvalue weighted by Crippen LogP contribution is 2.50. The zero-order valence-electron chi connectivity index (χ0n) is 22.4. The van der Waals surface area contributed by atoms with E-state index >= 15 is 0 Å². The summed E-state index contributed by atoms with van der Waals surface area (Å²) < 4.78 is 1.08. The number of halogens is 1. The molecule has 0 radical (unpaired) electrons. The summed E-state index contributed by atoms with van der Waals surface area (Å²) in [6.07, 6.45) is 0. The maximum absolute atomic E-state index is 3.61. The first-order valence-electron chi connectivity index (χ1n) is 13.3. The van der Waals surface area contributed by atoms with Crippen molar-refractivity contribution in [1.82, 2.24) is 0 Å². The number of hydrogen-bond acceptors (Lipinski definition) is 1. The molecule has 5 aromatic carbocycles. The Balaban J connectivity index is 1.46. The Kier molecular flexibility index (Phi) is 6.24. The van der Waals surface area contributed by atoms with Gasteiger partial charge in [-0.15, -0.1) is 0 Å². The Morgan fingerprint density at radius 2 is 1.13 bits per heavy atom. The van der Waals surface area contributed by atoms with Gasteiger partial charge >= 0.3 is 0 Å². The molecule has 2 heteroatoms. The predicted molar refractivity (Wildman–Crippen MR) is 166 cm³/mol. The van der Waals surface area contributed by atoms with Crippen LogP contribution in [0.4, 0.5) is 17.1 Å². The van der Waals surface area contributed by atoms with Crippen molar-refractivity contribution in [2.45, 2.75) is 39.0 Å². The van der Waals surface area contributed by atoms with E-state index in [1.165, 1.54) is 44.6 Å². The van der Waals surface area contributed by atoms with Crippen molar-refractivity contribution in [2.24, 2.45) is 0 Å². The van der Waals surface area contributed by atoms with Crippen molar-refractivity contribution in [3.8, 4) is 22.3 Å². The molecule has 0 atom stereocenters. The Bertz CT molecular complexity index is 1610. The van der Waals surface area contributed by atoms with Gasteiger partial charge in [0.25, 0.3) is 0 Å². The third kappa shape index (κ3) is 4.18. The number of benzene rings is 5. The minimum atomic E-state index is -0.0439. The Morgan fingerprint density at radius 3 is 1.82 bits per heavy atom. The van der Waals surface area contributed by atoms with E-state index in [2.05, 4.69) is 164 Å². The summed E-state index contributed by atoms with van der Waals surface area (Å²) in [5.74, 6) is 0.476. The predicted octanol–water partition coefficient (Wildman–Crippen LogP) is 11.0. The lowest BCUT2D eigenvalue weighted by atomic mass is 9.82. The highest BCUT2D eigenvalue weighted by atomic mass is 79.9. The van der Waals surface area contributed by atoms with Crippen molar-refractivity contribution >= 4 is 33.0 Å². The highest BCUT2D eigenvalue weighted by Gasteiger charge is 2.35. The van der Waals surface area contributed by atoms with Crippen LogP contribution in [-0.4, -0.2) is 0 Å². The molecule has 0 heterocycles. The van der Waals surface area contributed by atoms with Crippen molar-refractivity contribution < 1.29 is 0 Å². The molecule has 1 aliphatic carbocycles. The fourth-order valence-corrected chi connectivity index (χ4v) is 6.19. The third-order valence-corrected chi connectivity index (χ3v) is 8.46. The van der Waals surface area contributed by atoms with E-state index in [1.54, 1.807) is 0 Å². The first-order chi connectivity index (χ1) is 18.3. The van der Waals surface area contributed by atoms with Gasteiger partial charge in [0.05, 0.1) is 0 Å². The molecule has 0 N–H and O–H groups in total. The molecule has 38 heavy (non-hydrogen) atoms. The van der Waals surface area contributed by atoms with Gasteiger partial charge in [-0.05, 0) is 93.4 Å². The Hall–Kier alpha value is -3.62. The fraction of sp³-hybridized carbons (Fsp3) is 0.167. The quantitative estimate of drug-likeness (QED) is 0.207. The zero-order chi connectivity index (χ0) is 26.4. The van der Waals surface area contributed by atoms with E-state index < -0.39 is 0 Å². The molecule has 0 amide bonds. The van der Waals surface area contributed by atoms with E-state index in [9.17, 15) is 0 Å². The summed E-state index contributed by atoms with van der Waals surface area (Å²) in [5, 5.41) is 0. The number of nitrogens with zero attached hydrogens (tertiary/aromatic N) is 1. The second kappa shape index (κ2) is 9.60. The first-order valence-corrected chi connectivity index (χ1v) is 14.1. The topological polar surface area (TPSA) is 3.24 Å². The van der Waals surface area contributed by atoms with Gasteiger partial charge in [0.15, 0.2) is 0 Å². The van der Waals surface area contributed by atoms with Crippen LogP contribution in [0, 0.1) is 0 Å². The molecular formula is C36H32BrN. The number of anilines is 3. The summed E-state index contributed by atoms with van der Waals surface area (Å²) in [6, 6.07) is 42.1. The van der Waals surface area contributed by atoms with Crippen LogP contribution in [0.25, 0.3) is 22.3 Å². The molecule has 0 saturated heterocycles. The monoisotopic (exact) mass is 557 g/mol. The zero-order valence-corrected chi connectivity index (χ0v) is 24.0. The lowest BCUT2D eigenvalue weighted by Crippen LogP contribution is -2.16. The number of hydrogen-bond donors (Lipinski definition) is 0. The third-order valence-electron chi connectivity index (χ3n) is 7.93. The van der Waals surface area contributed by atoms with Gasteiger partial charge in [0, 0.05) is 26.9 Å². The minimum absolute atomic E-state index is 0.0439. The molecular weight excluding hydrogens is 526 g/mol. The average Bonchev–Trinajstić information content (AvgIpc) is 3.17. The molecule has 6 rings (SSSR count). The van der Waals surface area contributed by atoms with Crippen LogP contribution in [0.2, 0.25) is 0 Å². The Labute approximate surface area is 234 Å². The Morgan fingerprint density at radius 1 is 0.579 bits per heavy atom. The van der Waals surface area contributed by atoms with E-state index in [4.69, 9.17) is 0 Å². The fourth-order valence-electron chi connectivity index (χ4n) is 5.92. The molecule has 0 fully saturated rings. The first kappa shape index (κ1) is 24.7. The van der Waals surface area contributed by atoms with Gasteiger partial charge in [-0.1, -0.05) is 110 Å².